The molecule has 0 bridgehead atoms. The number of nitrogens with zero attached hydrogens (tertiary/aromatic N) is 1. The Hall–Kier alpha value is -1.49. The molecule has 0 aliphatic carbocycles. The van der Waals surface area contributed by atoms with Crippen molar-refractivity contribution < 1.29 is 9.18 Å². The fraction of sp³-hybridized carbons (Fsp3) is 0.500. The van der Waals surface area contributed by atoms with Crippen LogP contribution in [-0.4, -0.2) is 17.4 Å². The van der Waals surface area contributed by atoms with Crippen LogP contribution in [0.4, 0.5) is 10.1 Å². The second kappa shape index (κ2) is 6.10. The van der Waals surface area contributed by atoms with Crippen molar-refractivity contribution in [2.24, 2.45) is 11.1 Å². The quantitative estimate of drug-likeness (QED) is 0.850. The Morgan fingerprint density at radius 1 is 1.43 bits per heavy atom. The summed E-state index contributed by atoms with van der Waals surface area (Å²) in [5.74, 6) is -0.252. The number of anilines is 1. The number of amides is 1. The number of carbonyl (C=O) groups is 1. The molecule has 0 saturated heterocycles. The largest absolute Gasteiger partial charge is 0.393 e. The standard InChI is InChI=1S/C16H21FN2OS/c1-16(2,15(18)21)8-3-9-19-13-10-12(17)6-4-11(13)5-7-14(19)20/h4,6,10H,3,5,7-9H2,1-2H3,(H2,18,21). The molecule has 5 heteroatoms. The number of rotatable bonds is 5. The van der Waals surface area contributed by atoms with E-state index in [1.807, 2.05) is 13.8 Å². The van der Waals surface area contributed by atoms with E-state index in [9.17, 15) is 9.18 Å². The summed E-state index contributed by atoms with van der Waals surface area (Å²) in [5.41, 5.74) is 7.23. The lowest BCUT2D eigenvalue weighted by Crippen LogP contribution is -2.37. The maximum atomic E-state index is 13.4. The van der Waals surface area contributed by atoms with Gasteiger partial charge < -0.3 is 10.6 Å². The summed E-state index contributed by atoms with van der Waals surface area (Å²) < 4.78 is 13.4. The second-order valence-corrected chi connectivity index (χ2v) is 6.61. The van der Waals surface area contributed by atoms with Gasteiger partial charge in [0, 0.05) is 24.1 Å². The average Bonchev–Trinajstić information content (AvgIpc) is 2.41. The van der Waals surface area contributed by atoms with E-state index in [0.29, 0.717) is 30.1 Å². The Kier molecular flexibility index (Phi) is 4.61. The van der Waals surface area contributed by atoms with Crippen molar-refractivity contribution in [3.63, 3.8) is 0 Å². The van der Waals surface area contributed by atoms with Crippen molar-refractivity contribution in [2.45, 2.75) is 39.5 Å². The minimum Gasteiger partial charge on any atom is -0.393 e. The van der Waals surface area contributed by atoms with Gasteiger partial charge in [0.1, 0.15) is 5.82 Å². The second-order valence-electron chi connectivity index (χ2n) is 6.17. The molecule has 114 valence electrons. The summed E-state index contributed by atoms with van der Waals surface area (Å²) in [6.07, 6.45) is 2.75. The van der Waals surface area contributed by atoms with Crippen molar-refractivity contribution in [2.75, 3.05) is 11.4 Å². The molecule has 0 spiro atoms. The molecule has 3 nitrogen and oxygen atoms in total. The maximum absolute atomic E-state index is 13.4. The van der Waals surface area contributed by atoms with Gasteiger partial charge in [-0.15, -0.1) is 0 Å². The van der Waals surface area contributed by atoms with E-state index < -0.39 is 0 Å². The molecular weight excluding hydrogens is 287 g/mol. The molecule has 1 amide bonds. The highest BCUT2D eigenvalue weighted by atomic mass is 32.1. The number of aryl methyl sites for hydroxylation is 1. The van der Waals surface area contributed by atoms with Gasteiger partial charge >= 0.3 is 0 Å². The Morgan fingerprint density at radius 3 is 2.81 bits per heavy atom. The number of benzene rings is 1. The molecule has 1 aromatic rings. The van der Waals surface area contributed by atoms with E-state index in [1.165, 1.54) is 12.1 Å². The van der Waals surface area contributed by atoms with Crippen LogP contribution in [0.2, 0.25) is 0 Å². The van der Waals surface area contributed by atoms with E-state index in [0.717, 1.165) is 18.4 Å². The van der Waals surface area contributed by atoms with Crippen molar-refractivity contribution in [1.29, 1.82) is 0 Å². The van der Waals surface area contributed by atoms with Crippen molar-refractivity contribution in [1.82, 2.24) is 0 Å². The fourth-order valence-electron chi connectivity index (χ4n) is 2.56. The van der Waals surface area contributed by atoms with Gasteiger partial charge in [-0.3, -0.25) is 4.79 Å². The average molecular weight is 308 g/mol. The van der Waals surface area contributed by atoms with E-state index in [4.69, 9.17) is 18.0 Å². The molecule has 1 aliphatic rings. The third kappa shape index (κ3) is 3.59. The minimum absolute atomic E-state index is 0.0567. The Bertz CT molecular complexity index is 571. The molecule has 1 aliphatic heterocycles. The van der Waals surface area contributed by atoms with Crippen molar-refractivity contribution in [3.8, 4) is 0 Å². The molecule has 1 aromatic carbocycles. The van der Waals surface area contributed by atoms with Crippen LogP contribution in [0.3, 0.4) is 0 Å². The van der Waals surface area contributed by atoms with Crippen LogP contribution in [-0.2, 0) is 11.2 Å². The van der Waals surface area contributed by atoms with Gasteiger partial charge in [0.05, 0.1) is 4.99 Å². The van der Waals surface area contributed by atoms with Gasteiger partial charge in [-0.1, -0.05) is 32.1 Å². The molecule has 0 fully saturated rings. The lowest BCUT2D eigenvalue weighted by Gasteiger charge is -2.31. The maximum Gasteiger partial charge on any atom is 0.227 e. The number of fused-ring (bicyclic) bond motifs is 1. The number of hydrogen-bond donors (Lipinski definition) is 1. The monoisotopic (exact) mass is 308 g/mol. The zero-order valence-electron chi connectivity index (χ0n) is 12.5. The third-order valence-electron chi connectivity index (χ3n) is 4.10. The van der Waals surface area contributed by atoms with Crippen LogP contribution >= 0.6 is 12.2 Å². The highest BCUT2D eigenvalue weighted by molar-refractivity contribution is 7.80. The summed E-state index contributed by atoms with van der Waals surface area (Å²) in [5, 5.41) is 0. The number of halogens is 1. The molecule has 2 rings (SSSR count). The van der Waals surface area contributed by atoms with Crippen molar-refractivity contribution >= 4 is 28.8 Å². The van der Waals surface area contributed by atoms with Gasteiger partial charge in [-0.05, 0) is 37.0 Å². The predicted molar refractivity (Wildman–Crippen MR) is 86.9 cm³/mol. The van der Waals surface area contributed by atoms with E-state index >= 15 is 0 Å². The molecule has 0 saturated carbocycles. The topological polar surface area (TPSA) is 46.3 Å². The van der Waals surface area contributed by atoms with E-state index in [2.05, 4.69) is 0 Å². The van der Waals surface area contributed by atoms with Crippen LogP contribution < -0.4 is 10.6 Å². The summed E-state index contributed by atoms with van der Waals surface area (Å²) in [7, 11) is 0. The number of hydrogen-bond acceptors (Lipinski definition) is 2. The summed E-state index contributed by atoms with van der Waals surface area (Å²) in [6.45, 7) is 4.57. The molecule has 1 heterocycles. The lowest BCUT2D eigenvalue weighted by atomic mass is 9.87. The van der Waals surface area contributed by atoms with E-state index in [-0.39, 0.29) is 17.1 Å². The molecule has 0 radical (unpaired) electrons. The SMILES string of the molecule is CC(C)(CCCN1C(=O)CCc2ccc(F)cc21)C(N)=S. The van der Waals surface area contributed by atoms with Crippen LogP contribution in [0.1, 0.15) is 38.7 Å². The fourth-order valence-corrected chi connectivity index (χ4v) is 2.66. The highest BCUT2D eigenvalue weighted by Gasteiger charge is 2.26. The van der Waals surface area contributed by atoms with Crippen LogP contribution in [0.15, 0.2) is 18.2 Å². The third-order valence-corrected chi connectivity index (χ3v) is 4.65. The smallest absolute Gasteiger partial charge is 0.227 e. The van der Waals surface area contributed by atoms with Gasteiger partial charge in [0.25, 0.3) is 0 Å². The highest BCUT2D eigenvalue weighted by Crippen LogP contribution is 2.30. The molecular formula is C16H21FN2OS. The summed E-state index contributed by atoms with van der Waals surface area (Å²) in [6, 6.07) is 4.66. The van der Waals surface area contributed by atoms with Gasteiger partial charge in [-0.2, -0.15) is 0 Å². The molecule has 0 atom stereocenters. The minimum atomic E-state index is -0.308. The predicted octanol–water partition coefficient (Wildman–Crippen LogP) is 3.20. The number of thiocarbonyl (C=S) groups is 1. The first kappa shape index (κ1) is 15.9. The zero-order chi connectivity index (χ0) is 15.6. The lowest BCUT2D eigenvalue weighted by molar-refractivity contribution is -0.118. The van der Waals surface area contributed by atoms with Gasteiger partial charge in [0.2, 0.25) is 5.91 Å². The Labute approximate surface area is 130 Å². The van der Waals surface area contributed by atoms with Crippen LogP contribution in [0, 0.1) is 11.2 Å². The number of nitrogens with two attached hydrogens (primary N) is 1. The first-order valence-corrected chi connectivity index (χ1v) is 7.61. The molecule has 21 heavy (non-hydrogen) atoms. The Balaban J connectivity index is 2.08. The zero-order valence-corrected chi connectivity index (χ0v) is 13.3. The number of carbonyl (C=O) groups excluding carboxylic acids is 1. The van der Waals surface area contributed by atoms with Gasteiger partial charge in [-0.25, -0.2) is 4.39 Å². The van der Waals surface area contributed by atoms with Crippen LogP contribution in [0.5, 0.6) is 0 Å². The van der Waals surface area contributed by atoms with Crippen molar-refractivity contribution in [3.05, 3.63) is 29.6 Å². The first-order valence-electron chi connectivity index (χ1n) is 7.20. The van der Waals surface area contributed by atoms with E-state index in [1.54, 1.807) is 11.0 Å². The first-order chi connectivity index (χ1) is 9.81. The summed E-state index contributed by atoms with van der Waals surface area (Å²) in [4.78, 5) is 14.3. The Morgan fingerprint density at radius 2 is 2.14 bits per heavy atom. The molecule has 0 unspecified atom stereocenters. The van der Waals surface area contributed by atoms with Gasteiger partial charge in [0.15, 0.2) is 0 Å². The molecule has 0 aromatic heterocycles. The normalized spacial score (nSPS) is 15.0. The summed E-state index contributed by atoms with van der Waals surface area (Å²) >= 11 is 5.05. The van der Waals surface area contributed by atoms with Crippen LogP contribution in [0.25, 0.3) is 0 Å². The molecule has 2 N–H and O–H groups in total.